The van der Waals surface area contributed by atoms with E-state index in [4.69, 9.17) is 0 Å². The maximum atomic E-state index is 3.38. The summed E-state index contributed by atoms with van der Waals surface area (Å²) in [5, 5.41) is 3.38. The van der Waals surface area contributed by atoms with Crippen LogP contribution >= 0.6 is 11.3 Å². The summed E-state index contributed by atoms with van der Waals surface area (Å²) >= 11 is 1.97. The second-order valence-corrected chi connectivity index (χ2v) is 5.15. The molecule has 0 amide bonds. The van der Waals surface area contributed by atoms with E-state index in [0.717, 1.165) is 19.6 Å². The summed E-state index contributed by atoms with van der Waals surface area (Å²) < 4.78 is 0. The Labute approximate surface area is 89.9 Å². The van der Waals surface area contributed by atoms with E-state index in [0.29, 0.717) is 0 Å². The van der Waals surface area contributed by atoms with Crippen molar-refractivity contribution in [2.45, 2.75) is 26.4 Å². The number of hydrogen-bond donors (Lipinski definition) is 1. The number of fused-ring (bicyclic) bond motifs is 1. The van der Waals surface area contributed by atoms with Gasteiger partial charge in [-0.25, -0.2) is 0 Å². The lowest BCUT2D eigenvalue weighted by Gasteiger charge is -2.21. The van der Waals surface area contributed by atoms with Crippen LogP contribution in [-0.4, -0.2) is 25.0 Å². The van der Waals surface area contributed by atoms with Crippen molar-refractivity contribution < 1.29 is 0 Å². The molecule has 2 rings (SSSR count). The Kier molecular flexibility index (Phi) is 3.21. The summed E-state index contributed by atoms with van der Waals surface area (Å²) in [6.07, 6.45) is 1.23. The lowest BCUT2D eigenvalue weighted by atomic mass is 10.1. The van der Waals surface area contributed by atoms with E-state index in [1.54, 1.807) is 10.4 Å². The van der Waals surface area contributed by atoms with E-state index in [1.165, 1.54) is 17.8 Å². The molecule has 78 valence electrons. The molecule has 0 atom stereocenters. The van der Waals surface area contributed by atoms with Gasteiger partial charge in [-0.15, -0.1) is 11.3 Å². The molecule has 2 heterocycles. The molecule has 0 aliphatic carbocycles. The fourth-order valence-corrected chi connectivity index (χ4v) is 3.11. The highest BCUT2D eigenvalue weighted by Gasteiger charge is 2.15. The van der Waals surface area contributed by atoms with Crippen molar-refractivity contribution in [1.82, 2.24) is 10.2 Å². The van der Waals surface area contributed by atoms with Crippen LogP contribution in [0.25, 0.3) is 0 Å². The zero-order valence-electron chi connectivity index (χ0n) is 8.97. The van der Waals surface area contributed by atoms with Crippen LogP contribution in [-0.2, 0) is 19.5 Å². The first-order valence-electron chi connectivity index (χ1n) is 5.29. The summed E-state index contributed by atoms with van der Waals surface area (Å²) in [4.78, 5) is 5.47. The Hall–Kier alpha value is -0.380. The topological polar surface area (TPSA) is 15.3 Å². The molecule has 0 radical (unpaired) electrons. The second kappa shape index (κ2) is 4.43. The van der Waals surface area contributed by atoms with Gasteiger partial charge in [-0.1, -0.05) is 6.92 Å². The molecular formula is C11H18N2S. The van der Waals surface area contributed by atoms with Gasteiger partial charge < -0.3 is 10.2 Å². The number of thiophene rings is 1. The van der Waals surface area contributed by atoms with Crippen LogP contribution in [0.5, 0.6) is 0 Å². The number of nitrogens with one attached hydrogen (secondary N) is 1. The molecule has 1 aliphatic heterocycles. The third-order valence-electron chi connectivity index (χ3n) is 2.67. The fraction of sp³-hybridized carbons (Fsp3) is 0.636. The predicted octanol–water partition coefficient (Wildman–Crippen LogP) is 1.85. The quantitative estimate of drug-likeness (QED) is 0.819. The summed E-state index contributed by atoms with van der Waals surface area (Å²) in [5.74, 6) is 0. The van der Waals surface area contributed by atoms with E-state index in [1.807, 2.05) is 11.3 Å². The van der Waals surface area contributed by atoms with E-state index in [-0.39, 0.29) is 0 Å². The van der Waals surface area contributed by atoms with Gasteiger partial charge in [-0.2, -0.15) is 0 Å². The molecule has 3 heteroatoms. The molecular weight excluding hydrogens is 192 g/mol. The zero-order chi connectivity index (χ0) is 9.97. The molecule has 0 aromatic carbocycles. The van der Waals surface area contributed by atoms with E-state index < -0.39 is 0 Å². The number of rotatable bonds is 3. The first-order chi connectivity index (χ1) is 6.79. The highest BCUT2D eigenvalue weighted by Crippen LogP contribution is 2.27. The maximum Gasteiger partial charge on any atom is 0.0327 e. The smallest absolute Gasteiger partial charge is 0.0327 e. The van der Waals surface area contributed by atoms with E-state index >= 15 is 0 Å². The summed E-state index contributed by atoms with van der Waals surface area (Å²) in [6, 6.07) is 2.38. The van der Waals surface area contributed by atoms with Gasteiger partial charge in [0.25, 0.3) is 0 Å². The number of likely N-dealkylation sites (N-methyl/N-ethyl adjacent to an activating group) is 1. The highest BCUT2D eigenvalue weighted by atomic mass is 32.1. The SMILES string of the molecule is CCNCc1cc2c(s1)CN(C)CC2. The van der Waals surface area contributed by atoms with E-state index in [9.17, 15) is 0 Å². The van der Waals surface area contributed by atoms with Crippen LogP contribution in [0.2, 0.25) is 0 Å². The van der Waals surface area contributed by atoms with E-state index in [2.05, 4.69) is 30.3 Å². The van der Waals surface area contributed by atoms with Crippen LogP contribution in [0, 0.1) is 0 Å². The average Bonchev–Trinajstić information content (AvgIpc) is 2.56. The minimum atomic E-state index is 1.04. The van der Waals surface area contributed by atoms with Crippen LogP contribution in [0.4, 0.5) is 0 Å². The molecule has 0 saturated carbocycles. The summed E-state index contributed by atoms with van der Waals surface area (Å²) in [6.45, 7) is 6.61. The Morgan fingerprint density at radius 3 is 3.21 bits per heavy atom. The highest BCUT2D eigenvalue weighted by molar-refractivity contribution is 7.12. The normalized spacial score (nSPS) is 17.0. The molecule has 0 fully saturated rings. The Bertz CT molecular complexity index is 306. The van der Waals surface area contributed by atoms with Crippen LogP contribution in [0.3, 0.4) is 0 Å². The molecule has 1 aromatic heterocycles. The van der Waals surface area contributed by atoms with Gasteiger partial charge in [-0.05, 0) is 31.6 Å². The predicted molar refractivity (Wildman–Crippen MR) is 61.7 cm³/mol. The first kappa shape index (κ1) is 10.1. The second-order valence-electron chi connectivity index (χ2n) is 3.93. The average molecular weight is 210 g/mol. The van der Waals surface area contributed by atoms with Gasteiger partial charge >= 0.3 is 0 Å². The van der Waals surface area contributed by atoms with Gasteiger partial charge in [0, 0.05) is 29.4 Å². The van der Waals surface area contributed by atoms with Gasteiger partial charge in [-0.3, -0.25) is 0 Å². The lowest BCUT2D eigenvalue weighted by Crippen LogP contribution is -2.24. The van der Waals surface area contributed by atoms with Crippen LogP contribution < -0.4 is 5.32 Å². The van der Waals surface area contributed by atoms with Crippen molar-refractivity contribution in [2.24, 2.45) is 0 Å². The molecule has 0 unspecified atom stereocenters. The number of hydrogen-bond acceptors (Lipinski definition) is 3. The standard InChI is InChI=1S/C11H18N2S/c1-3-12-7-10-6-9-4-5-13(2)8-11(9)14-10/h6,12H,3-5,7-8H2,1-2H3. The molecule has 0 bridgehead atoms. The Morgan fingerprint density at radius 2 is 2.43 bits per heavy atom. The Balaban J connectivity index is 2.07. The maximum absolute atomic E-state index is 3.38. The lowest BCUT2D eigenvalue weighted by molar-refractivity contribution is 0.317. The fourth-order valence-electron chi connectivity index (χ4n) is 1.84. The van der Waals surface area contributed by atoms with Crippen molar-refractivity contribution in [3.8, 4) is 0 Å². The monoisotopic (exact) mass is 210 g/mol. The largest absolute Gasteiger partial charge is 0.312 e. The van der Waals surface area contributed by atoms with Gasteiger partial charge in [0.2, 0.25) is 0 Å². The molecule has 1 N–H and O–H groups in total. The first-order valence-corrected chi connectivity index (χ1v) is 6.11. The third-order valence-corrected chi connectivity index (χ3v) is 3.84. The van der Waals surface area contributed by atoms with Crippen molar-refractivity contribution in [3.63, 3.8) is 0 Å². The zero-order valence-corrected chi connectivity index (χ0v) is 9.78. The van der Waals surface area contributed by atoms with Crippen molar-refractivity contribution in [2.75, 3.05) is 20.1 Å². The van der Waals surface area contributed by atoms with Crippen LogP contribution in [0.15, 0.2) is 6.07 Å². The summed E-state index contributed by atoms with van der Waals surface area (Å²) in [5.41, 5.74) is 1.58. The minimum absolute atomic E-state index is 1.04. The van der Waals surface area contributed by atoms with Crippen LogP contribution in [0.1, 0.15) is 22.2 Å². The summed E-state index contributed by atoms with van der Waals surface area (Å²) in [7, 11) is 2.20. The molecule has 2 nitrogen and oxygen atoms in total. The molecule has 0 spiro atoms. The van der Waals surface area contributed by atoms with Gasteiger partial charge in [0.1, 0.15) is 0 Å². The van der Waals surface area contributed by atoms with Crippen molar-refractivity contribution >= 4 is 11.3 Å². The number of nitrogens with zero attached hydrogens (tertiary/aromatic N) is 1. The molecule has 1 aromatic rings. The van der Waals surface area contributed by atoms with Crippen molar-refractivity contribution in [1.29, 1.82) is 0 Å². The Morgan fingerprint density at radius 1 is 1.57 bits per heavy atom. The molecule has 14 heavy (non-hydrogen) atoms. The molecule has 1 aliphatic rings. The molecule has 0 saturated heterocycles. The van der Waals surface area contributed by atoms with Gasteiger partial charge in [0.05, 0.1) is 0 Å². The van der Waals surface area contributed by atoms with Gasteiger partial charge in [0.15, 0.2) is 0 Å². The van der Waals surface area contributed by atoms with Crippen molar-refractivity contribution in [3.05, 3.63) is 21.4 Å². The minimum Gasteiger partial charge on any atom is -0.312 e. The third kappa shape index (κ3) is 2.16.